The summed E-state index contributed by atoms with van der Waals surface area (Å²) in [5.41, 5.74) is 0.563. The van der Waals surface area contributed by atoms with Crippen LogP contribution in [-0.2, 0) is 10.0 Å². The van der Waals surface area contributed by atoms with Crippen LogP contribution in [0.1, 0.15) is 12.5 Å². The Labute approximate surface area is 150 Å². The van der Waals surface area contributed by atoms with E-state index >= 15 is 0 Å². The van der Waals surface area contributed by atoms with E-state index in [2.05, 4.69) is 9.93 Å². The van der Waals surface area contributed by atoms with Crippen molar-refractivity contribution in [2.24, 2.45) is 5.10 Å². The van der Waals surface area contributed by atoms with E-state index < -0.39 is 10.0 Å². The number of methoxy groups -OCH3 is 2. The molecular weight excluding hydrogens is 368 g/mol. The standard InChI is InChI=1S/C16H17ClN2O5S/c1-10(13-8-11(17)4-6-14(13)20)18-19-25(21,22)16-7-5-12(23-2)9-15(16)24-3/h4-9,19-20H,1-3H3/b18-10+. The molecule has 0 heterocycles. The van der Waals surface area contributed by atoms with Crippen molar-refractivity contribution in [1.29, 1.82) is 0 Å². The van der Waals surface area contributed by atoms with Crippen LogP contribution in [0.15, 0.2) is 46.4 Å². The van der Waals surface area contributed by atoms with E-state index in [1.54, 1.807) is 6.92 Å². The predicted octanol–water partition coefficient (Wildman–Crippen LogP) is 2.77. The number of ether oxygens (including phenoxy) is 2. The second-order valence-electron chi connectivity index (χ2n) is 4.97. The third-order valence-corrected chi connectivity index (χ3v) is 4.83. The summed E-state index contributed by atoms with van der Waals surface area (Å²) >= 11 is 5.88. The average Bonchev–Trinajstić information content (AvgIpc) is 2.61. The van der Waals surface area contributed by atoms with Crippen LogP contribution in [0.25, 0.3) is 0 Å². The van der Waals surface area contributed by atoms with Crippen molar-refractivity contribution in [2.45, 2.75) is 11.8 Å². The fraction of sp³-hybridized carbons (Fsp3) is 0.188. The van der Waals surface area contributed by atoms with Crippen LogP contribution in [0.5, 0.6) is 17.2 Å². The van der Waals surface area contributed by atoms with Crippen LogP contribution >= 0.6 is 11.6 Å². The molecule has 0 aromatic heterocycles. The number of nitrogens with zero attached hydrogens (tertiary/aromatic N) is 1. The monoisotopic (exact) mass is 384 g/mol. The molecule has 2 aromatic rings. The van der Waals surface area contributed by atoms with Gasteiger partial charge in [0.15, 0.2) is 0 Å². The third-order valence-electron chi connectivity index (χ3n) is 3.34. The maximum absolute atomic E-state index is 12.5. The first-order chi connectivity index (χ1) is 11.8. The van der Waals surface area contributed by atoms with Gasteiger partial charge in [0, 0.05) is 16.7 Å². The summed E-state index contributed by atoms with van der Waals surface area (Å²) < 4.78 is 35.1. The van der Waals surface area contributed by atoms with Crippen molar-refractivity contribution in [3.05, 3.63) is 47.0 Å². The molecule has 0 atom stereocenters. The van der Waals surface area contributed by atoms with Crippen LogP contribution in [0.2, 0.25) is 5.02 Å². The molecule has 0 radical (unpaired) electrons. The summed E-state index contributed by atoms with van der Waals surface area (Å²) in [4.78, 5) is 2.02. The van der Waals surface area contributed by atoms with Gasteiger partial charge in [-0.25, -0.2) is 0 Å². The molecule has 0 fully saturated rings. The minimum Gasteiger partial charge on any atom is -0.507 e. The second kappa shape index (κ2) is 7.62. The van der Waals surface area contributed by atoms with E-state index in [1.165, 1.54) is 50.6 Å². The molecule has 7 nitrogen and oxygen atoms in total. The molecule has 0 aliphatic heterocycles. The van der Waals surface area contributed by atoms with E-state index in [0.717, 1.165) is 0 Å². The summed E-state index contributed by atoms with van der Waals surface area (Å²) in [7, 11) is -1.17. The number of aromatic hydroxyl groups is 1. The topological polar surface area (TPSA) is 97.2 Å². The van der Waals surface area contributed by atoms with Crippen molar-refractivity contribution < 1.29 is 23.0 Å². The summed E-state index contributed by atoms with van der Waals surface area (Å²) in [5, 5.41) is 14.1. The van der Waals surface area contributed by atoms with Gasteiger partial charge in [-0.3, -0.25) is 0 Å². The van der Waals surface area contributed by atoms with Gasteiger partial charge in [-0.2, -0.15) is 18.4 Å². The van der Waals surface area contributed by atoms with E-state index in [0.29, 0.717) is 16.3 Å². The Morgan fingerprint density at radius 2 is 1.88 bits per heavy atom. The predicted molar refractivity (Wildman–Crippen MR) is 95.2 cm³/mol. The molecule has 0 unspecified atom stereocenters. The molecule has 0 aliphatic carbocycles. The number of nitrogens with one attached hydrogen (secondary N) is 1. The lowest BCUT2D eigenvalue weighted by Gasteiger charge is -2.11. The van der Waals surface area contributed by atoms with Gasteiger partial charge in [-0.1, -0.05) is 11.6 Å². The lowest BCUT2D eigenvalue weighted by molar-refractivity contribution is 0.386. The maximum Gasteiger partial charge on any atom is 0.280 e. The maximum atomic E-state index is 12.5. The van der Waals surface area contributed by atoms with Crippen LogP contribution in [0.4, 0.5) is 0 Å². The van der Waals surface area contributed by atoms with Gasteiger partial charge in [-0.05, 0) is 37.3 Å². The highest BCUT2D eigenvalue weighted by Crippen LogP contribution is 2.28. The molecular formula is C16H17ClN2O5S. The molecule has 0 saturated carbocycles. The quantitative estimate of drug-likeness (QED) is 0.589. The molecule has 0 spiro atoms. The van der Waals surface area contributed by atoms with Crippen LogP contribution < -0.4 is 14.3 Å². The van der Waals surface area contributed by atoms with Crippen molar-refractivity contribution in [2.75, 3.05) is 14.2 Å². The largest absolute Gasteiger partial charge is 0.507 e. The van der Waals surface area contributed by atoms with Gasteiger partial charge in [0.2, 0.25) is 0 Å². The number of hydrogen-bond donors (Lipinski definition) is 2. The number of hydrogen-bond acceptors (Lipinski definition) is 6. The Balaban J connectivity index is 2.34. The lowest BCUT2D eigenvalue weighted by Crippen LogP contribution is -2.20. The van der Waals surface area contributed by atoms with E-state index in [4.69, 9.17) is 21.1 Å². The van der Waals surface area contributed by atoms with Gasteiger partial charge in [0.25, 0.3) is 10.0 Å². The van der Waals surface area contributed by atoms with E-state index in [1.807, 2.05) is 0 Å². The highest BCUT2D eigenvalue weighted by molar-refractivity contribution is 7.89. The fourth-order valence-corrected chi connectivity index (χ4v) is 3.21. The summed E-state index contributed by atoms with van der Waals surface area (Å²) in [6.45, 7) is 1.54. The fourth-order valence-electron chi connectivity index (χ4n) is 2.03. The Morgan fingerprint density at radius 3 is 2.52 bits per heavy atom. The zero-order valence-electron chi connectivity index (χ0n) is 13.8. The zero-order chi connectivity index (χ0) is 18.6. The summed E-state index contributed by atoms with van der Waals surface area (Å²) in [6, 6.07) is 8.70. The number of phenols is 1. The van der Waals surface area contributed by atoms with Crippen molar-refractivity contribution in [1.82, 2.24) is 4.83 Å². The average molecular weight is 385 g/mol. The van der Waals surface area contributed by atoms with Crippen molar-refractivity contribution in [3.63, 3.8) is 0 Å². The molecule has 0 bridgehead atoms. The highest BCUT2D eigenvalue weighted by atomic mass is 35.5. The van der Waals surface area contributed by atoms with Gasteiger partial charge in [0.05, 0.1) is 19.9 Å². The van der Waals surface area contributed by atoms with E-state index in [-0.39, 0.29) is 22.1 Å². The number of halogens is 1. The number of phenolic OH excluding ortho intramolecular Hbond substituents is 1. The molecule has 0 aliphatic rings. The van der Waals surface area contributed by atoms with Crippen molar-refractivity contribution in [3.8, 4) is 17.2 Å². The molecule has 0 saturated heterocycles. The number of hydrazone groups is 1. The van der Waals surface area contributed by atoms with Gasteiger partial charge in [0.1, 0.15) is 22.1 Å². The van der Waals surface area contributed by atoms with Crippen molar-refractivity contribution >= 4 is 27.3 Å². The van der Waals surface area contributed by atoms with Gasteiger partial charge < -0.3 is 14.6 Å². The molecule has 134 valence electrons. The lowest BCUT2D eigenvalue weighted by atomic mass is 10.1. The second-order valence-corrected chi connectivity index (χ2v) is 7.04. The molecule has 2 rings (SSSR count). The van der Waals surface area contributed by atoms with Crippen LogP contribution in [0, 0.1) is 0 Å². The first kappa shape index (κ1) is 18.9. The Morgan fingerprint density at radius 1 is 1.16 bits per heavy atom. The smallest absolute Gasteiger partial charge is 0.280 e. The Kier molecular flexibility index (Phi) is 5.76. The van der Waals surface area contributed by atoms with E-state index in [9.17, 15) is 13.5 Å². The minimum absolute atomic E-state index is 0.0631. The molecule has 9 heteroatoms. The van der Waals surface area contributed by atoms with Crippen LogP contribution in [-0.4, -0.2) is 33.5 Å². The van der Waals surface area contributed by atoms with Crippen LogP contribution in [0.3, 0.4) is 0 Å². The Bertz CT molecular complexity index is 913. The molecule has 2 N–H and O–H groups in total. The number of benzene rings is 2. The minimum atomic E-state index is -3.99. The number of rotatable bonds is 6. The SMILES string of the molecule is COc1ccc(S(=O)(=O)N/N=C(\C)c2cc(Cl)ccc2O)c(OC)c1. The Hall–Kier alpha value is -2.45. The summed E-state index contributed by atoms with van der Waals surface area (Å²) in [6.07, 6.45) is 0. The normalized spacial score (nSPS) is 11.9. The first-order valence-corrected chi connectivity index (χ1v) is 8.91. The zero-order valence-corrected chi connectivity index (χ0v) is 15.4. The molecule has 2 aromatic carbocycles. The first-order valence-electron chi connectivity index (χ1n) is 7.05. The van der Waals surface area contributed by atoms with Gasteiger partial charge >= 0.3 is 0 Å². The van der Waals surface area contributed by atoms with Gasteiger partial charge in [-0.15, -0.1) is 0 Å². The summed E-state index contributed by atoms with van der Waals surface area (Å²) in [5.74, 6) is 0.511. The number of sulfonamides is 1. The third kappa shape index (κ3) is 4.34. The highest BCUT2D eigenvalue weighted by Gasteiger charge is 2.20. The molecule has 25 heavy (non-hydrogen) atoms. The molecule has 0 amide bonds.